The van der Waals surface area contributed by atoms with Gasteiger partial charge in [-0.05, 0) is 18.6 Å². The molecule has 116 valence electrons. The highest BCUT2D eigenvalue weighted by Gasteiger charge is 2.31. The molecule has 1 aliphatic heterocycles. The molecule has 1 aliphatic rings. The minimum atomic E-state index is -0.397. The quantitative estimate of drug-likeness (QED) is 0.675. The van der Waals surface area contributed by atoms with E-state index in [2.05, 4.69) is 5.32 Å². The number of carbonyl (C=O) groups is 2. The van der Waals surface area contributed by atoms with E-state index in [1.165, 1.54) is 0 Å². The van der Waals surface area contributed by atoms with Crippen molar-refractivity contribution in [2.45, 2.75) is 18.8 Å². The summed E-state index contributed by atoms with van der Waals surface area (Å²) in [4.78, 5) is 23.4. The zero-order chi connectivity index (χ0) is 15.5. The molecule has 6 nitrogen and oxygen atoms in total. The van der Waals surface area contributed by atoms with E-state index in [-0.39, 0.29) is 11.8 Å². The summed E-state index contributed by atoms with van der Waals surface area (Å²) < 4.78 is 16.3. The Balaban J connectivity index is 1.96. The molecular formula is C16H17NO5. The van der Waals surface area contributed by atoms with Crippen molar-refractivity contribution in [1.82, 2.24) is 5.32 Å². The van der Waals surface area contributed by atoms with Gasteiger partial charge in [-0.2, -0.15) is 0 Å². The van der Waals surface area contributed by atoms with Gasteiger partial charge >= 0.3 is 0 Å². The molecule has 3 rings (SSSR count). The first-order valence-corrected chi connectivity index (χ1v) is 7.16. The van der Waals surface area contributed by atoms with Crippen molar-refractivity contribution >= 4 is 22.8 Å². The second-order valence-corrected chi connectivity index (χ2v) is 5.17. The van der Waals surface area contributed by atoms with Crippen LogP contribution in [0, 0.1) is 0 Å². The maximum absolute atomic E-state index is 12.1. The van der Waals surface area contributed by atoms with Crippen molar-refractivity contribution in [2.24, 2.45) is 0 Å². The molecular weight excluding hydrogens is 286 g/mol. The highest BCUT2D eigenvalue weighted by atomic mass is 16.5. The lowest BCUT2D eigenvalue weighted by atomic mass is 9.90. The topological polar surface area (TPSA) is 77.8 Å². The van der Waals surface area contributed by atoms with E-state index in [9.17, 15) is 9.59 Å². The van der Waals surface area contributed by atoms with Gasteiger partial charge in [0.1, 0.15) is 17.9 Å². The third kappa shape index (κ3) is 2.69. The Morgan fingerprint density at radius 3 is 2.95 bits per heavy atom. The summed E-state index contributed by atoms with van der Waals surface area (Å²) in [6.45, 7) is 0.886. The Kier molecular flexibility index (Phi) is 4.11. The van der Waals surface area contributed by atoms with Crippen LogP contribution in [0.2, 0.25) is 0 Å². The van der Waals surface area contributed by atoms with E-state index >= 15 is 0 Å². The van der Waals surface area contributed by atoms with Crippen molar-refractivity contribution in [3.63, 3.8) is 0 Å². The Morgan fingerprint density at radius 1 is 1.32 bits per heavy atom. The molecule has 1 fully saturated rings. The lowest BCUT2D eigenvalue weighted by Gasteiger charge is -2.20. The van der Waals surface area contributed by atoms with Gasteiger partial charge < -0.3 is 13.9 Å². The van der Waals surface area contributed by atoms with Crippen LogP contribution >= 0.6 is 0 Å². The molecule has 2 heterocycles. The number of carbonyl (C=O) groups excluding carboxylic acids is 2. The van der Waals surface area contributed by atoms with Gasteiger partial charge in [0.2, 0.25) is 11.8 Å². The molecule has 1 atom stereocenters. The van der Waals surface area contributed by atoms with E-state index in [0.717, 1.165) is 10.9 Å². The minimum absolute atomic E-state index is 0.231. The number of piperidine rings is 1. The number of fused-ring (bicyclic) bond motifs is 1. The fraction of sp³-hybridized carbons (Fsp3) is 0.375. The largest absolute Gasteiger partial charge is 0.490 e. The number of furan rings is 1. The van der Waals surface area contributed by atoms with E-state index in [4.69, 9.17) is 13.9 Å². The van der Waals surface area contributed by atoms with E-state index in [0.29, 0.717) is 37.4 Å². The zero-order valence-corrected chi connectivity index (χ0v) is 12.3. The van der Waals surface area contributed by atoms with Gasteiger partial charge in [0, 0.05) is 19.1 Å². The molecule has 2 amide bonds. The maximum atomic E-state index is 12.1. The van der Waals surface area contributed by atoms with Crippen molar-refractivity contribution in [2.75, 3.05) is 20.3 Å². The van der Waals surface area contributed by atoms with Crippen molar-refractivity contribution in [3.05, 3.63) is 30.0 Å². The van der Waals surface area contributed by atoms with Crippen molar-refractivity contribution < 1.29 is 23.5 Å². The standard InChI is InChI=1S/C16H17NO5/c1-20-7-8-21-12-3-2-4-13-15(12)11(9-22-13)10-5-6-14(18)17-16(10)19/h2-4,9-10H,5-8H2,1H3,(H,17,18,19). The normalized spacial score (nSPS) is 18.5. The summed E-state index contributed by atoms with van der Waals surface area (Å²) in [6, 6.07) is 5.50. The van der Waals surface area contributed by atoms with Crippen LogP contribution in [0.25, 0.3) is 11.0 Å². The lowest BCUT2D eigenvalue weighted by molar-refractivity contribution is -0.134. The van der Waals surface area contributed by atoms with Crippen LogP contribution in [0.15, 0.2) is 28.9 Å². The molecule has 1 unspecified atom stereocenters. The molecule has 0 bridgehead atoms. The average Bonchev–Trinajstić information content (AvgIpc) is 2.92. The summed E-state index contributed by atoms with van der Waals surface area (Å²) in [5.74, 6) is -0.259. The monoisotopic (exact) mass is 303 g/mol. The second kappa shape index (κ2) is 6.19. The summed E-state index contributed by atoms with van der Waals surface area (Å²) in [7, 11) is 1.61. The van der Waals surface area contributed by atoms with Crippen LogP contribution in [0.4, 0.5) is 0 Å². The predicted molar refractivity (Wildman–Crippen MR) is 78.7 cm³/mol. The SMILES string of the molecule is COCCOc1cccc2occ(C3CCC(=O)NC3=O)c12. The van der Waals surface area contributed by atoms with E-state index in [1.807, 2.05) is 18.2 Å². The predicted octanol–water partition coefficient (Wildman–Crippen LogP) is 1.98. The number of benzene rings is 1. The summed E-state index contributed by atoms with van der Waals surface area (Å²) >= 11 is 0. The lowest BCUT2D eigenvalue weighted by Crippen LogP contribution is -2.39. The minimum Gasteiger partial charge on any atom is -0.490 e. The molecule has 1 aromatic heterocycles. The second-order valence-electron chi connectivity index (χ2n) is 5.17. The molecule has 2 aromatic rings. The fourth-order valence-electron chi connectivity index (χ4n) is 2.68. The molecule has 22 heavy (non-hydrogen) atoms. The van der Waals surface area contributed by atoms with Crippen LogP contribution in [-0.4, -0.2) is 32.1 Å². The summed E-state index contributed by atoms with van der Waals surface area (Å²) in [5.41, 5.74) is 1.42. The van der Waals surface area contributed by atoms with Gasteiger partial charge in [-0.3, -0.25) is 14.9 Å². The number of ether oxygens (including phenoxy) is 2. The molecule has 0 radical (unpaired) electrons. The highest BCUT2D eigenvalue weighted by Crippen LogP contribution is 2.37. The van der Waals surface area contributed by atoms with Crippen molar-refractivity contribution in [1.29, 1.82) is 0 Å². The molecule has 0 aliphatic carbocycles. The zero-order valence-electron chi connectivity index (χ0n) is 12.3. The van der Waals surface area contributed by atoms with Crippen LogP contribution in [0.3, 0.4) is 0 Å². The van der Waals surface area contributed by atoms with Gasteiger partial charge in [-0.15, -0.1) is 0 Å². The maximum Gasteiger partial charge on any atom is 0.234 e. The van der Waals surface area contributed by atoms with Crippen LogP contribution in [0.5, 0.6) is 5.75 Å². The summed E-state index contributed by atoms with van der Waals surface area (Å²) in [6.07, 6.45) is 2.38. The van der Waals surface area contributed by atoms with Gasteiger partial charge in [-0.1, -0.05) is 6.07 Å². The first-order valence-electron chi connectivity index (χ1n) is 7.16. The molecule has 1 saturated heterocycles. The Morgan fingerprint density at radius 2 is 2.18 bits per heavy atom. The molecule has 0 saturated carbocycles. The number of nitrogens with one attached hydrogen (secondary N) is 1. The number of amides is 2. The van der Waals surface area contributed by atoms with Gasteiger partial charge in [-0.25, -0.2) is 0 Å². The highest BCUT2D eigenvalue weighted by molar-refractivity contribution is 6.03. The van der Waals surface area contributed by atoms with Crippen LogP contribution in [-0.2, 0) is 14.3 Å². The Bertz CT molecular complexity index is 706. The molecule has 0 spiro atoms. The van der Waals surface area contributed by atoms with Crippen LogP contribution < -0.4 is 10.1 Å². The van der Waals surface area contributed by atoms with Gasteiger partial charge in [0.15, 0.2) is 0 Å². The van der Waals surface area contributed by atoms with E-state index in [1.54, 1.807) is 13.4 Å². The fourth-order valence-corrected chi connectivity index (χ4v) is 2.68. The number of hydrogen-bond acceptors (Lipinski definition) is 5. The molecule has 1 aromatic carbocycles. The molecule has 1 N–H and O–H groups in total. The van der Waals surface area contributed by atoms with Gasteiger partial charge in [0.05, 0.1) is 24.2 Å². The number of imide groups is 1. The van der Waals surface area contributed by atoms with Crippen LogP contribution in [0.1, 0.15) is 24.3 Å². The smallest absolute Gasteiger partial charge is 0.234 e. The third-order valence-corrected chi connectivity index (χ3v) is 3.75. The average molecular weight is 303 g/mol. The number of methoxy groups -OCH3 is 1. The first kappa shape index (κ1) is 14.6. The molecule has 6 heteroatoms. The first-order chi connectivity index (χ1) is 10.7. The van der Waals surface area contributed by atoms with E-state index < -0.39 is 5.92 Å². The summed E-state index contributed by atoms with van der Waals surface area (Å²) in [5, 5.41) is 3.16. The Hall–Kier alpha value is -2.34. The van der Waals surface area contributed by atoms with Crippen molar-refractivity contribution in [3.8, 4) is 5.75 Å². The van der Waals surface area contributed by atoms with Gasteiger partial charge in [0.25, 0.3) is 0 Å². The third-order valence-electron chi connectivity index (χ3n) is 3.75. The number of hydrogen-bond donors (Lipinski definition) is 1. The number of rotatable bonds is 5. The Labute approximate surface area is 127 Å².